The van der Waals surface area contributed by atoms with Crippen molar-refractivity contribution in [3.05, 3.63) is 24.3 Å². The fourth-order valence-electron chi connectivity index (χ4n) is 1.35. The molecule has 0 radical (unpaired) electrons. The van der Waals surface area contributed by atoms with Gasteiger partial charge in [-0.2, -0.15) is 0 Å². The second kappa shape index (κ2) is 6.88. The molecule has 0 atom stereocenters. The molecular formula is C13H19NO2. The summed E-state index contributed by atoms with van der Waals surface area (Å²) < 4.78 is 5.44. The Morgan fingerprint density at radius 2 is 1.94 bits per heavy atom. The van der Waals surface area contributed by atoms with Crippen molar-refractivity contribution in [1.29, 1.82) is 0 Å². The molecule has 1 aromatic carbocycles. The van der Waals surface area contributed by atoms with Gasteiger partial charge in [-0.05, 0) is 30.7 Å². The normalized spacial score (nSPS) is 10.1. The molecule has 0 aromatic heterocycles. The van der Waals surface area contributed by atoms with Crippen molar-refractivity contribution in [3.8, 4) is 5.75 Å². The number of anilines is 1. The first-order chi connectivity index (χ1) is 7.72. The Balaban J connectivity index is 2.20. The second-order valence-electron chi connectivity index (χ2n) is 3.81. The van der Waals surface area contributed by atoms with Crippen LogP contribution in [-0.2, 0) is 4.79 Å². The Bertz CT molecular complexity index is 319. The smallest absolute Gasteiger partial charge is 0.136 e. The van der Waals surface area contributed by atoms with Gasteiger partial charge in [-0.1, -0.05) is 13.3 Å². The highest BCUT2D eigenvalue weighted by Crippen LogP contribution is 2.13. The number of carbonyl (C=O) groups is 1. The van der Waals surface area contributed by atoms with Gasteiger partial charge in [0.25, 0.3) is 0 Å². The lowest BCUT2D eigenvalue weighted by molar-refractivity contribution is -0.119. The molecule has 88 valence electrons. The highest BCUT2D eigenvalue weighted by molar-refractivity contribution is 5.78. The molecule has 1 rings (SSSR count). The first-order valence-corrected chi connectivity index (χ1v) is 5.72. The molecule has 0 fully saturated rings. The van der Waals surface area contributed by atoms with E-state index >= 15 is 0 Å². The van der Waals surface area contributed by atoms with E-state index in [-0.39, 0.29) is 5.78 Å². The van der Waals surface area contributed by atoms with Crippen LogP contribution in [0.4, 0.5) is 5.69 Å². The van der Waals surface area contributed by atoms with Crippen LogP contribution in [0.5, 0.6) is 5.75 Å². The maximum atomic E-state index is 11.3. The SMILES string of the molecule is CCCCC(=O)CCOc1ccc(N)cc1. The Kier molecular flexibility index (Phi) is 5.40. The molecule has 0 aliphatic rings. The Labute approximate surface area is 96.6 Å². The molecule has 0 amide bonds. The van der Waals surface area contributed by atoms with Gasteiger partial charge < -0.3 is 10.5 Å². The van der Waals surface area contributed by atoms with Gasteiger partial charge in [0.1, 0.15) is 11.5 Å². The highest BCUT2D eigenvalue weighted by atomic mass is 16.5. The fourth-order valence-corrected chi connectivity index (χ4v) is 1.35. The monoisotopic (exact) mass is 221 g/mol. The summed E-state index contributed by atoms with van der Waals surface area (Å²) in [5.74, 6) is 1.04. The van der Waals surface area contributed by atoms with Gasteiger partial charge in [0.2, 0.25) is 0 Å². The van der Waals surface area contributed by atoms with E-state index in [1.807, 2.05) is 12.1 Å². The number of hydrogen-bond donors (Lipinski definition) is 1. The molecule has 0 saturated carbocycles. The largest absolute Gasteiger partial charge is 0.493 e. The van der Waals surface area contributed by atoms with E-state index in [4.69, 9.17) is 10.5 Å². The Morgan fingerprint density at radius 3 is 2.56 bits per heavy atom. The lowest BCUT2D eigenvalue weighted by Gasteiger charge is -2.05. The molecule has 1 aromatic rings. The van der Waals surface area contributed by atoms with E-state index in [9.17, 15) is 4.79 Å². The van der Waals surface area contributed by atoms with Crippen LogP contribution in [0.2, 0.25) is 0 Å². The molecule has 0 spiro atoms. The molecule has 2 N–H and O–H groups in total. The maximum absolute atomic E-state index is 11.3. The number of Topliss-reactive ketones (excluding diaryl/α,β-unsaturated/α-hetero) is 1. The lowest BCUT2D eigenvalue weighted by Crippen LogP contribution is -2.06. The summed E-state index contributed by atoms with van der Waals surface area (Å²) in [6, 6.07) is 7.19. The topological polar surface area (TPSA) is 52.3 Å². The zero-order valence-corrected chi connectivity index (χ0v) is 9.74. The van der Waals surface area contributed by atoms with Gasteiger partial charge in [0.05, 0.1) is 6.61 Å². The number of ketones is 1. The van der Waals surface area contributed by atoms with Gasteiger partial charge in [-0.25, -0.2) is 0 Å². The Hall–Kier alpha value is -1.51. The zero-order chi connectivity index (χ0) is 11.8. The van der Waals surface area contributed by atoms with Gasteiger partial charge in [0, 0.05) is 18.5 Å². The summed E-state index contributed by atoms with van der Waals surface area (Å²) in [6.07, 6.45) is 3.19. The fraction of sp³-hybridized carbons (Fsp3) is 0.462. The average molecular weight is 221 g/mol. The third-order valence-electron chi connectivity index (χ3n) is 2.34. The third-order valence-corrected chi connectivity index (χ3v) is 2.34. The van der Waals surface area contributed by atoms with Crippen LogP contribution in [-0.4, -0.2) is 12.4 Å². The predicted molar refractivity (Wildman–Crippen MR) is 65.5 cm³/mol. The predicted octanol–water partition coefficient (Wildman–Crippen LogP) is 2.80. The van der Waals surface area contributed by atoms with Crippen molar-refractivity contribution in [2.75, 3.05) is 12.3 Å². The number of ether oxygens (including phenoxy) is 1. The summed E-state index contributed by atoms with van der Waals surface area (Å²) in [4.78, 5) is 11.3. The minimum absolute atomic E-state index is 0.275. The summed E-state index contributed by atoms with van der Waals surface area (Å²) in [7, 11) is 0. The Morgan fingerprint density at radius 1 is 1.25 bits per heavy atom. The van der Waals surface area contributed by atoms with Crippen molar-refractivity contribution in [2.24, 2.45) is 0 Å². The number of rotatable bonds is 7. The van der Waals surface area contributed by atoms with Crippen molar-refractivity contribution in [2.45, 2.75) is 32.6 Å². The lowest BCUT2D eigenvalue weighted by atomic mass is 10.1. The number of benzene rings is 1. The van der Waals surface area contributed by atoms with Crippen LogP contribution in [0, 0.1) is 0 Å². The maximum Gasteiger partial charge on any atom is 0.136 e. The first kappa shape index (κ1) is 12.6. The standard InChI is InChI=1S/C13H19NO2/c1-2-3-4-12(15)9-10-16-13-7-5-11(14)6-8-13/h5-8H,2-4,9-10,14H2,1H3. The molecule has 0 unspecified atom stereocenters. The third kappa shape index (κ3) is 4.82. The minimum atomic E-state index is 0.275. The van der Waals surface area contributed by atoms with Crippen molar-refractivity contribution in [1.82, 2.24) is 0 Å². The first-order valence-electron chi connectivity index (χ1n) is 5.72. The average Bonchev–Trinajstić information content (AvgIpc) is 2.29. The molecule has 16 heavy (non-hydrogen) atoms. The quantitative estimate of drug-likeness (QED) is 0.720. The molecule has 0 saturated heterocycles. The van der Waals surface area contributed by atoms with Crippen LogP contribution < -0.4 is 10.5 Å². The van der Waals surface area contributed by atoms with E-state index in [1.165, 1.54) is 0 Å². The molecule has 0 aliphatic heterocycles. The molecule has 0 bridgehead atoms. The summed E-state index contributed by atoms with van der Waals surface area (Å²) in [5, 5.41) is 0. The van der Waals surface area contributed by atoms with Crippen LogP contribution in [0.1, 0.15) is 32.6 Å². The highest BCUT2D eigenvalue weighted by Gasteiger charge is 2.01. The van der Waals surface area contributed by atoms with Gasteiger partial charge >= 0.3 is 0 Å². The molecule has 0 heterocycles. The van der Waals surface area contributed by atoms with Crippen LogP contribution in [0.15, 0.2) is 24.3 Å². The van der Waals surface area contributed by atoms with Gasteiger partial charge in [0.15, 0.2) is 0 Å². The van der Waals surface area contributed by atoms with Crippen LogP contribution in [0.3, 0.4) is 0 Å². The minimum Gasteiger partial charge on any atom is -0.493 e. The van der Waals surface area contributed by atoms with Crippen molar-refractivity contribution < 1.29 is 9.53 Å². The van der Waals surface area contributed by atoms with Gasteiger partial charge in [-0.15, -0.1) is 0 Å². The number of hydrogen-bond acceptors (Lipinski definition) is 3. The zero-order valence-electron chi connectivity index (χ0n) is 9.74. The van der Waals surface area contributed by atoms with Crippen LogP contribution in [0.25, 0.3) is 0 Å². The number of nitrogen functional groups attached to an aromatic ring is 1. The van der Waals surface area contributed by atoms with Crippen molar-refractivity contribution in [3.63, 3.8) is 0 Å². The molecule has 0 aliphatic carbocycles. The molecular weight excluding hydrogens is 202 g/mol. The van der Waals surface area contributed by atoms with E-state index in [2.05, 4.69) is 6.92 Å². The van der Waals surface area contributed by atoms with E-state index < -0.39 is 0 Å². The van der Waals surface area contributed by atoms with Gasteiger partial charge in [-0.3, -0.25) is 4.79 Å². The number of carbonyl (C=O) groups excluding carboxylic acids is 1. The van der Waals surface area contributed by atoms with E-state index in [1.54, 1.807) is 12.1 Å². The number of nitrogens with two attached hydrogens (primary N) is 1. The molecule has 3 heteroatoms. The summed E-state index contributed by atoms with van der Waals surface area (Å²) in [5.41, 5.74) is 6.26. The van der Waals surface area contributed by atoms with E-state index in [0.29, 0.717) is 25.1 Å². The summed E-state index contributed by atoms with van der Waals surface area (Å²) >= 11 is 0. The molecule has 3 nitrogen and oxygen atoms in total. The van der Waals surface area contributed by atoms with E-state index in [0.717, 1.165) is 18.6 Å². The second-order valence-corrected chi connectivity index (χ2v) is 3.81. The van der Waals surface area contributed by atoms with Crippen LogP contribution >= 0.6 is 0 Å². The summed E-state index contributed by atoms with van der Waals surface area (Å²) in [6.45, 7) is 2.53. The number of unbranched alkanes of at least 4 members (excludes halogenated alkanes) is 1. The van der Waals surface area contributed by atoms with Crippen molar-refractivity contribution >= 4 is 11.5 Å².